The molecule has 0 unspecified atom stereocenters. The summed E-state index contributed by atoms with van der Waals surface area (Å²) in [7, 11) is 0. The van der Waals surface area contributed by atoms with Crippen LogP contribution >= 0.6 is 0 Å². The summed E-state index contributed by atoms with van der Waals surface area (Å²) in [5.74, 6) is -0.581. The summed E-state index contributed by atoms with van der Waals surface area (Å²) in [6.45, 7) is 0. The smallest absolute Gasteiger partial charge is 0.389 e. The first-order valence-corrected chi connectivity index (χ1v) is 5.07. The normalized spacial score (nSPS) is 12.5. The second-order valence-corrected chi connectivity index (χ2v) is 3.64. The number of allylic oxidation sites excluding steroid dienone is 2. The van der Waals surface area contributed by atoms with Gasteiger partial charge >= 0.3 is 6.18 Å². The molecule has 1 aromatic rings. The van der Waals surface area contributed by atoms with E-state index in [2.05, 4.69) is 0 Å². The number of carbonyl (C=O) groups excluding carboxylic acids is 1. The van der Waals surface area contributed by atoms with E-state index in [9.17, 15) is 23.1 Å². The molecule has 18 heavy (non-hydrogen) atoms. The molecule has 6 heteroatoms. The third-order valence-electron chi connectivity index (χ3n) is 2.27. The fraction of sp³-hybridized carbons (Fsp3) is 0.250. The standard InChI is InChI=1S/C12H11F3O3/c13-12(14,15)5-3-8(4-6-16)10-2-1-9(17)7-11(10)18/h1-2,4,6-7,17-18H,3,5H2. The lowest BCUT2D eigenvalue weighted by Gasteiger charge is -2.11. The highest BCUT2D eigenvalue weighted by atomic mass is 19.4. The van der Waals surface area contributed by atoms with Crippen molar-refractivity contribution in [1.29, 1.82) is 0 Å². The quantitative estimate of drug-likeness (QED) is 0.646. The number of carbonyl (C=O) groups is 1. The summed E-state index contributed by atoms with van der Waals surface area (Å²) >= 11 is 0. The van der Waals surface area contributed by atoms with E-state index < -0.39 is 19.0 Å². The van der Waals surface area contributed by atoms with Crippen molar-refractivity contribution in [1.82, 2.24) is 0 Å². The van der Waals surface area contributed by atoms with Gasteiger partial charge in [0.05, 0.1) is 0 Å². The molecule has 0 aliphatic heterocycles. The first kappa shape index (κ1) is 14.1. The van der Waals surface area contributed by atoms with Gasteiger partial charge in [0.25, 0.3) is 0 Å². The summed E-state index contributed by atoms with van der Waals surface area (Å²) in [6.07, 6.45) is -4.52. The van der Waals surface area contributed by atoms with Gasteiger partial charge in [0.1, 0.15) is 17.8 Å². The van der Waals surface area contributed by atoms with E-state index in [0.717, 1.165) is 12.1 Å². The number of hydrogen-bond acceptors (Lipinski definition) is 3. The first-order chi connectivity index (χ1) is 8.33. The van der Waals surface area contributed by atoms with Crippen LogP contribution < -0.4 is 0 Å². The average Bonchev–Trinajstić information content (AvgIpc) is 2.24. The average molecular weight is 260 g/mol. The van der Waals surface area contributed by atoms with Gasteiger partial charge < -0.3 is 10.2 Å². The van der Waals surface area contributed by atoms with Gasteiger partial charge in [-0.3, -0.25) is 4.79 Å². The van der Waals surface area contributed by atoms with E-state index in [1.807, 2.05) is 0 Å². The summed E-state index contributed by atoms with van der Waals surface area (Å²) < 4.78 is 36.4. The first-order valence-electron chi connectivity index (χ1n) is 5.07. The van der Waals surface area contributed by atoms with Crippen LogP contribution in [0.1, 0.15) is 18.4 Å². The number of hydrogen-bond donors (Lipinski definition) is 2. The molecule has 98 valence electrons. The fourth-order valence-electron chi connectivity index (χ4n) is 1.46. The van der Waals surface area contributed by atoms with E-state index in [1.165, 1.54) is 12.1 Å². The van der Waals surface area contributed by atoms with Crippen molar-refractivity contribution >= 4 is 11.9 Å². The summed E-state index contributed by atoms with van der Waals surface area (Å²) in [5.41, 5.74) is 0.170. The topological polar surface area (TPSA) is 57.5 Å². The molecule has 0 saturated carbocycles. The van der Waals surface area contributed by atoms with Gasteiger partial charge in [0.15, 0.2) is 0 Å². The maximum atomic E-state index is 12.1. The molecule has 1 aromatic carbocycles. The van der Waals surface area contributed by atoms with Crippen LogP contribution in [0.15, 0.2) is 24.3 Å². The Morgan fingerprint density at radius 3 is 2.44 bits per heavy atom. The Labute approximate surface area is 101 Å². The third-order valence-corrected chi connectivity index (χ3v) is 2.27. The largest absolute Gasteiger partial charge is 0.508 e. The Balaban J connectivity index is 2.99. The number of aldehydes is 1. The minimum Gasteiger partial charge on any atom is -0.508 e. The highest BCUT2D eigenvalue weighted by Crippen LogP contribution is 2.33. The second-order valence-electron chi connectivity index (χ2n) is 3.64. The van der Waals surface area contributed by atoms with Crippen LogP contribution in [-0.4, -0.2) is 22.7 Å². The van der Waals surface area contributed by atoms with Crippen molar-refractivity contribution in [3.05, 3.63) is 29.8 Å². The number of aromatic hydroxyl groups is 2. The predicted octanol–water partition coefficient (Wildman–Crippen LogP) is 3.02. The number of rotatable bonds is 4. The zero-order valence-corrected chi connectivity index (χ0v) is 9.24. The molecule has 0 aliphatic carbocycles. The Morgan fingerprint density at radius 1 is 1.28 bits per heavy atom. The van der Waals surface area contributed by atoms with Crippen molar-refractivity contribution in [3.8, 4) is 11.5 Å². The molecule has 3 nitrogen and oxygen atoms in total. The maximum Gasteiger partial charge on any atom is 0.389 e. The lowest BCUT2D eigenvalue weighted by atomic mass is 9.99. The molecule has 0 aromatic heterocycles. The van der Waals surface area contributed by atoms with E-state index in [4.69, 9.17) is 5.11 Å². The van der Waals surface area contributed by atoms with Gasteiger partial charge in [-0.05, 0) is 30.2 Å². The van der Waals surface area contributed by atoms with E-state index in [-0.39, 0.29) is 22.6 Å². The van der Waals surface area contributed by atoms with Crippen molar-refractivity contribution in [2.45, 2.75) is 19.0 Å². The molecule has 0 spiro atoms. The Bertz CT molecular complexity index is 464. The molecular weight excluding hydrogens is 249 g/mol. The van der Waals surface area contributed by atoms with Crippen LogP contribution in [0, 0.1) is 0 Å². The van der Waals surface area contributed by atoms with Crippen molar-refractivity contribution in [2.24, 2.45) is 0 Å². The van der Waals surface area contributed by atoms with Crippen LogP contribution in [0.25, 0.3) is 5.57 Å². The minimum absolute atomic E-state index is 0.0693. The van der Waals surface area contributed by atoms with Crippen molar-refractivity contribution < 1.29 is 28.2 Å². The molecule has 1 rings (SSSR count). The zero-order chi connectivity index (χ0) is 13.8. The van der Waals surface area contributed by atoms with Crippen molar-refractivity contribution in [2.75, 3.05) is 0 Å². The van der Waals surface area contributed by atoms with Gasteiger partial charge in [0, 0.05) is 18.1 Å². The zero-order valence-electron chi connectivity index (χ0n) is 9.24. The number of phenolic OH excluding ortho intramolecular Hbond substituents is 2. The second kappa shape index (κ2) is 5.57. The Morgan fingerprint density at radius 2 is 1.94 bits per heavy atom. The molecule has 0 fully saturated rings. The Hall–Kier alpha value is -1.98. The van der Waals surface area contributed by atoms with Gasteiger partial charge in [-0.2, -0.15) is 13.2 Å². The van der Waals surface area contributed by atoms with Crippen LogP contribution in [-0.2, 0) is 4.79 Å². The van der Waals surface area contributed by atoms with E-state index in [1.54, 1.807) is 0 Å². The number of halogens is 3. The molecule has 0 heterocycles. The molecule has 0 atom stereocenters. The van der Waals surface area contributed by atoms with Crippen LogP contribution in [0.3, 0.4) is 0 Å². The highest BCUT2D eigenvalue weighted by molar-refractivity contribution is 5.83. The lowest BCUT2D eigenvalue weighted by molar-refractivity contribution is -0.133. The summed E-state index contributed by atoms with van der Waals surface area (Å²) in [5, 5.41) is 18.6. The summed E-state index contributed by atoms with van der Waals surface area (Å²) in [6, 6.07) is 3.49. The SMILES string of the molecule is O=CC=C(CCC(F)(F)F)c1ccc(O)cc1O. The molecule has 0 saturated heterocycles. The third kappa shape index (κ3) is 4.12. The molecular formula is C12H11F3O3. The monoisotopic (exact) mass is 260 g/mol. The molecule has 0 bridgehead atoms. The fourth-order valence-corrected chi connectivity index (χ4v) is 1.46. The van der Waals surface area contributed by atoms with E-state index >= 15 is 0 Å². The number of alkyl halides is 3. The van der Waals surface area contributed by atoms with Gasteiger partial charge in [-0.1, -0.05) is 0 Å². The number of phenols is 2. The molecule has 0 amide bonds. The van der Waals surface area contributed by atoms with Crippen LogP contribution in [0.5, 0.6) is 11.5 Å². The van der Waals surface area contributed by atoms with Crippen molar-refractivity contribution in [3.63, 3.8) is 0 Å². The number of benzene rings is 1. The lowest BCUT2D eigenvalue weighted by Crippen LogP contribution is -2.07. The van der Waals surface area contributed by atoms with Crippen LogP contribution in [0.4, 0.5) is 13.2 Å². The minimum atomic E-state index is -4.34. The predicted molar refractivity (Wildman–Crippen MR) is 59.1 cm³/mol. The van der Waals surface area contributed by atoms with E-state index in [0.29, 0.717) is 6.29 Å². The van der Waals surface area contributed by atoms with Gasteiger partial charge in [-0.15, -0.1) is 0 Å². The Kier molecular flexibility index (Phi) is 4.36. The summed E-state index contributed by atoms with van der Waals surface area (Å²) in [4.78, 5) is 10.4. The molecule has 2 N–H and O–H groups in total. The molecule has 0 radical (unpaired) electrons. The van der Waals surface area contributed by atoms with Crippen LogP contribution in [0.2, 0.25) is 0 Å². The maximum absolute atomic E-state index is 12.1. The van der Waals surface area contributed by atoms with Gasteiger partial charge in [-0.25, -0.2) is 0 Å². The van der Waals surface area contributed by atoms with Gasteiger partial charge in [0.2, 0.25) is 0 Å². The highest BCUT2D eigenvalue weighted by Gasteiger charge is 2.27. The molecule has 0 aliphatic rings.